The third-order valence-electron chi connectivity index (χ3n) is 3.45. The molecule has 25 heavy (non-hydrogen) atoms. The van der Waals surface area contributed by atoms with Gasteiger partial charge in [0.05, 0.1) is 0 Å². The van der Waals surface area contributed by atoms with Crippen LogP contribution in [0.15, 0.2) is 40.6 Å². The lowest BCUT2D eigenvalue weighted by molar-refractivity contribution is -0.139. The molecular weight excluding hydrogens is 351 g/mol. The molecule has 0 saturated heterocycles. The number of hydrogen-bond donors (Lipinski definition) is 1. The van der Waals surface area contributed by atoms with Gasteiger partial charge >= 0.3 is 6.18 Å². The van der Waals surface area contributed by atoms with Crippen molar-refractivity contribution < 1.29 is 17.9 Å². The van der Waals surface area contributed by atoms with Crippen molar-refractivity contribution in [1.82, 2.24) is 9.99 Å². The highest BCUT2D eigenvalue weighted by molar-refractivity contribution is 8.02. The molecule has 1 aromatic rings. The predicted octanol–water partition coefficient (Wildman–Crippen LogP) is 4.61. The van der Waals surface area contributed by atoms with Crippen LogP contribution in [0.4, 0.5) is 13.2 Å². The SMILES string of the molecule is CC/C=C(SC)\C(COc1ncccc1C(F)(F)F)=C(/CC)N(C)N. The molecule has 0 aliphatic rings. The zero-order valence-corrected chi connectivity index (χ0v) is 15.7. The molecule has 0 bridgehead atoms. The maximum Gasteiger partial charge on any atom is 0.421 e. The summed E-state index contributed by atoms with van der Waals surface area (Å²) in [4.78, 5) is 4.67. The lowest BCUT2D eigenvalue weighted by Crippen LogP contribution is -2.27. The second kappa shape index (κ2) is 9.72. The molecule has 0 unspecified atom stereocenters. The minimum absolute atomic E-state index is 0.0442. The van der Waals surface area contributed by atoms with Crippen LogP contribution in [0.2, 0.25) is 0 Å². The molecule has 1 aromatic heterocycles. The van der Waals surface area contributed by atoms with Crippen molar-refractivity contribution in [3.05, 3.63) is 46.1 Å². The third kappa shape index (κ3) is 5.97. The highest BCUT2D eigenvalue weighted by Crippen LogP contribution is 2.35. The number of aromatic nitrogens is 1. The maximum absolute atomic E-state index is 13.1. The molecular formula is C17H24F3N3OS. The number of nitrogens with two attached hydrogens (primary N) is 1. The van der Waals surface area contributed by atoms with Crippen LogP contribution in [-0.4, -0.2) is 29.9 Å². The Bertz CT molecular complexity index is 628. The zero-order valence-electron chi connectivity index (χ0n) is 14.9. The van der Waals surface area contributed by atoms with Gasteiger partial charge in [0.25, 0.3) is 0 Å². The molecule has 4 nitrogen and oxygen atoms in total. The smallest absolute Gasteiger partial charge is 0.421 e. The Morgan fingerprint density at radius 1 is 1.40 bits per heavy atom. The van der Waals surface area contributed by atoms with Crippen molar-refractivity contribution in [2.24, 2.45) is 5.84 Å². The van der Waals surface area contributed by atoms with Gasteiger partial charge in [-0.15, -0.1) is 11.8 Å². The zero-order chi connectivity index (χ0) is 19.0. The van der Waals surface area contributed by atoms with Gasteiger partial charge in [-0.05, 0) is 31.2 Å². The number of hydrogen-bond acceptors (Lipinski definition) is 5. The van der Waals surface area contributed by atoms with E-state index in [9.17, 15) is 13.2 Å². The number of hydrazine groups is 1. The van der Waals surface area contributed by atoms with E-state index in [1.807, 2.05) is 26.2 Å². The van der Waals surface area contributed by atoms with E-state index in [4.69, 9.17) is 10.6 Å². The Morgan fingerprint density at radius 3 is 2.56 bits per heavy atom. The topological polar surface area (TPSA) is 51.4 Å². The van der Waals surface area contributed by atoms with Crippen molar-refractivity contribution in [3.8, 4) is 5.88 Å². The molecule has 0 amide bonds. The second-order valence-corrected chi connectivity index (χ2v) is 6.06. The number of alkyl halides is 3. The van der Waals surface area contributed by atoms with E-state index < -0.39 is 17.6 Å². The van der Waals surface area contributed by atoms with E-state index in [0.717, 1.165) is 28.7 Å². The van der Waals surface area contributed by atoms with Crippen molar-refractivity contribution in [2.45, 2.75) is 32.9 Å². The second-order valence-electron chi connectivity index (χ2n) is 5.21. The van der Waals surface area contributed by atoms with Crippen molar-refractivity contribution >= 4 is 11.8 Å². The normalized spacial score (nSPS) is 13.5. The summed E-state index contributed by atoms with van der Waals surface area (Å²) in [6.07, 6.45) is 2.09. The molecule has 0 saturated carbocycles. The average molecular weight is 375 g/mol. The van der Waals surface area contributed by atoms with Crippen LogP contribution >= 0.6 is 11.8 Å². The first-order valence-corrected chi connectivity index (χ1v) is 9.08. The van der Waals surface area contributed by atoms with Gasteiger partial charge in [0.15, 0.2) is 0 Å². The average Bonchev–Trinajstić information content (AvgIpc) is 2.55. The van der Waals surface area contributed by atoms with Gasteiger partial charge in [0.2, 0.25) is 5.88 Å². The minimum Gasteiger partial charge on any atom is -0.472 e. The van der Waals surface area contributed by atoms with Crippen molar-refractivity contribution in [1.29, 1.82) is 0 Å². The molecule has 2 N–H and O–H groups in total. The number of allylic oxidation sites excluding steroid dienone is 2. The largest absolute Gasteiger partial charge is 0.472 e. The minimum atomic E-state index is -4.52. The summed E-state index contributed by atoms with van der Waals surface area (Å²) in [5, 5.41) is 1.47. The number of halogens is 3. The van der Waals surface area contributed by atoms with E-state index in [0.29, 0.717) is 6.42 Å². The predicted molar refractivity (Wildman–Crippen MR) is 95.9 cm³/mol. The van der Waals surface area contributed by atoms with Gasteiger partial charge in [0, 0.05) is 29.4 Å². The van der Waals surface area contributed by atoms with Crippen LogP contribution in [0.25, 0.3) is 0 Å². The van der Waals surface area contributed by atoms with E-state index >= 15 is 0 Å². The summed E-state index contributed by atoms with van der Waals surface area (Å²) in [6.45, 7) is 3.88. The lowest BCUT2D eigenvalue weighted by atomic mass is 10.1. The molecule has 0 fully saturated rings. The first kappa shape index (κ1) is 21.4. The number of thioether (sulfide) groups is 1. The Labute approximate surface area is 150 Å². The Balaban J connectivity index is 3.24. The quantitative estimate of drug-likeness (QED) is 0.409. The molecule has 0 spiro atoms. The fourth-order valence-corrected chi connectivity index (χ4v) is 3.11. The van der Waals surface area contributed by atoms with Gasteiger partial charge in [0.1, 0.15) is 12.2 Å². The van der Waals surface area contributed by atoms with E-state index in [-0.39, 0.29) is 6.61 Å². The standard InChI is InChI=1S/C17H24F3N3OS/c1-5-8-15(25-4)12(14(6-2)23(3)21)11-24-16-13(17(18,19)20)9-7-10-22-16/h7-10H,5-6,11,21H2,1-4H3/b14-12+,15-8+. The van der Waals surface area contributed by atoms with Gasteiger partial charge in [-0.1, -0.05) is 19.9 Å². The molecule has 0 aliphatic heterocycles. The molecule has 1 rings (SSSR count). The summed E-state index contributed by atoms with van der Waals surface area (Å²) in [7, 11) is 1.70. The first-order chi connectivity index (χ1) is 11.8. The highest BCUT2D eigenvalue weighted by Gasteiger charge is 2.35. The number of rotatable bonds is 8. The highest BCUT2D eigenvalue weighted by atomic mass is 32.2. The van der Waals surface area contributed by atoms with Crippen LogP contribution in [0.5, 0.6) is 5.88 Å². The molecule has 1 heterocycles. The van der Waals surface area contributed by atoms with Crippen LogP contribution in [-0.2, 0) is 6.18 Å². The van der Waals surface area contributed by atoms with Crippen molar-refractivity contribution in [2.75, 3.05) is 19.9 Å². The van der Waals surface area contributed by atoms with Gasteiger partial charge in [-0.3, -0.25) is 0 Å². The van der Waals surface area contributed by atoms with Gasteiger partial charge in [-0.25, -0.2) is 10.8 Å². The van der Waals surface area contributed by atoms with Gasteiger partial charge in [-0.2, -0.15) is 13.2 Å². The number of pyridine rings is 1. The summed E-state index contributed by atoms with van der Waals surface area (Å²) in [5.74, 6) is 5.46. The van der Waals surface area contributed by atoms with Crippen LogP contribution < -0.4 is 10.6 Å². The van der Waals surface area contributed by atoms with Crippen molar-refractivity contribution in [3.63, 3.8) is 0 Å². The van der Waals surface area contributed by atoms with Crippen LogP contribution in [0.1, 0.15) is 32.3 Å². The monoisotopic (exact) mass is 375 g/mol. The molecule has 0 aromatic carbocycles. The third-order valence-corrected chi connectivity index (χ3v) is 4.30. The summed E-state index contributed by atoms with van der Waals surface area (Å²) < 4.78 is 44.7. The Hall–Kier alpha value is -1.67. The molecule has 0 radical (unpaired) electrons. The molecule has 0 atom stereocenters. The maximum atomic E-state index is 13.1. The van der Waals surface area contributed by atoms with E-state index in [1.54, 1.807) is 7.05 Å². The van der Waals surface area contributed by atoms with Crippen LogP contribution in [0, 0.1) is 0 Å². The molecule has 140 valence electrons. The Kier molecular flexibility index (Phi) is 8.31. The lowest BCUT2D eigenvalue weighted by Gasteiger charge is -2.23. The number of nitrogens with zero attached hydrogens (tertiary/aromatic N) is 2. The molecule has 8 heteroatoms. The summed E-state index contributed by atoms with van der Waals surface area (Å²) in [5.41, 5.74) is 0.679. The molecule has 0 aliphatic carbocycles. The first-order valence-electron chi connectivity index (χ1n) is 7.86. The van der Waals surface area contributed by atoms with Gasteiger partial charge < -0.3 is 9.75 Å². The fourth-order valence-electron chi connectivity index (χ4n) is 2.35. The summed E-state index contributed by atoms with van der Waals surface area (Å²) >= 11 is 1.51. The van der Waals surface area contributed by atoms with E-state index in [2.05, 4.69) is 4.98 Å². The Morgan fingerprint density at radius 2 is 2.08 bits per heavy atom. The summed E-state index contributed by atoms with van der Waals surface area (Å²) in [6, 6.07) is 2.20. The van der Waals surface area contributed by atoms with E-state index in [1.165, 1.54) is 29.0 Å². The number of ether oxygens (including phenoxy) is 1. The van der Waals surface area contributed by atoms with Crippen LogP contribution in [0.3, 0.4) is 0 Å². The fraction of sp³-hybridized carbons (Fsp3) is 0.471.